The first-order valence-corrected chi connectivity index (χ1v) is 8.39. The average Bonchev–Trinajstić information content (AvgIpc) is 2.79. The van der Waals surface area contributed by atoms with E-state index in [9.17, 15) is 9.59 Å². The highest BCUT2D eigenvalue weighted by molar-refractivity contribution is 6.24. The Morgan fingerprint density at radius 3 is 2.73 bits per heavy atom. The number of carbonyl (C=O) groups excluding carboxylic acids is 1. The molecule has 4 aliphatic rings. The van der Waals surface area contributed by atoms with Crippen LogP contribution in [0.25, 0.3) is 0 Å². The van der Waals surface area contributed by atoms with E-state index < -0.39 is 0 Å². The summed E-state index contributed by atoms with van der Waals surface area (Å²) in [6, 6.07) is 0. The van der Waals surface area contributed by atoms with Gasteiger partial charge in [0, 0.05) is 11.4 Å². The lowest BCUT2D eigenvalue weighted by atomic mass is 9.49. The average molecular weight is 325 g/mol. The van der Waals surface area contributed by atoms with Gasteiger partial charge in [0.25, 0.3) is 0 Å². The van der Waals surface area contributed by atoms with Gasteiger partial charge in [-0.3, -0.25) is 9.36 Å². The van der Waals surface area contributed by atoms with Gasteiger partial charge in [-0.15, -0.1) is 11.6 Å². The number of halogens is 1. The number of H-pyrrole nitrogens is 1. The van der Waals surface area contributed by atoms with Gasteiger partial charge in [0.1, 0.15) is 12.9 Å². The van der Waals surface area contributed by atoms with Crippen molar-refractivity contribution in [3.05, 3.63) is 16.8 Å². The lowest BCUT2D eigenvalue weighted by Crippen LogP contribution is -2.56. The zero-order valence-corrected chi connectivity index (χ0v) is 13.2. The summed E-state index contributed by atoms with van der Waals surface area (Å²) in [6.45, 7) is 0.699. The van der Waals surface area contributed by atoms with Gasteiger partial charge in [-0.25, -0.2) is 9.89 Å². The Labute approximate surface area is 133 Å². The Morgan fingerprint density at radius 2 is 2.14 bits per heavy atom. The monoisotopic (exact) mass is 324 g/mol. The van der Waals surface area contributed by atoms with E-state index >= 15 is 0 Å². The van der Waals surface area contributed by atoms with Crippen molar-refractivity contribution in [2.45, 2.75) is 49.9 Å². The van der Waals surface area contributed by atoms with Gasteiger partial charge >= 0.3 is 5.69 Å². The van der Waals surface area contributed by atoms with Crippen LogP contribution in [0.2, 0.25) is 0 Å². The molecule has 4 saturated carbocycles. The molecule has 120 valence electrons. The summed E-state index contributed by atoms with van der Waals surface area (Å²) in [6.07, 6.45) is 8.33. The number of rotatable bonds is 4. The van der Waals surface area contributed by atoms with Crippen molar-refractivity contribution < 1.29 is 4.79 Å². The minimum absolute atomic E-state index is 0.0181. The molecule has 1 aromatic rings. The number of carbonyl (C=O) groups is 1. The molecule has 6 nitrogen and oxygen atoms in total. The molecule has 2 N–H and O–H groups in total. The van der Waals surface area contributed by atoms with E-state index in [1.807, 2.05) is 0 Å². The van der Waals surface area contributed by atoms with Crippen molar-refractivity contribution in [1.29, 1.82) is 0 Å². The molecule has 0 aliphatic heterocycles. The first-order valence-electron chi connectivity index (χ1n) is 8.01. The molecule has 4 aliphatic carbocycles. The maximum absolute atomic E-state index is 12.1. The van der Waals surface area contributed by atoms with E-state index in [0.29, 0.717) is 6.54 Å². The second kappa shape index (κ2) is 4.85. The summed E-state index contributed by atoms with van der Waals surface area (Å²) in [7, 11) is 0. The van der Waals surface area contributed by atoms with E-state index in [1.165, 1.54) is 30.2 Å². The van der Waals surface area contributed by atoms with Crippen LogP contribution in [0.3, 0.4) is 0 Å². The predicted molar refractivity (Wildman–Crippen MR) is 81.6 cm³/mol. The Kier molecular flexibility index (Phi) is 3.15. The highest BCUT2D eigenvalue weighted by Crippen LogP contribution is 2.63. The number of aromatic amines is 1. The maximum Gasteiger partial charge on any atom is 0.343 e. The molecule has 0 radical (unpaired) electrons. The van der Waals surface area contributed by atoms with E-state index in [2.05, 4.69) is 15.5 Å². The summed E-state index contributed by atoms with van der Waals surface area (Å²) in [5.74, 6) is 1.32. The number of nitrogens with zero attached hydrogens (tertiary/aromatic N) is 2. The second-order valence-corrected chi connectivity index (χ2v) is 8.48. The van der Waals surface area contributed by atoms with Crippen LogP contribution in [0, 0.1) is 17.3 Å². The molecular formula is C15H21ClN4O2. The van der Waals surface area contributed by atoms with Gasteiger partial charge in [0.2, 0.25) is 5.91 Å². The molecule has 0 saturated heterocycles. The van der Waals surface area contributed by atoms with Crippen molar-refractivity contribution in [3.8, 4) is 0 Å². The Hall–Kier alpha value is -1.30. The van der Waals surface area contributed by atoms with E-state index in [1.54, 1.807) is 0 Å². The Balaban J connectivity index is 1.40. The predicted octanol–water partition coefficient (Wildman–Crippen LogP) is 1.27. The number of hydrogen-bond acceptors (Lipinski definition) is 3. The van der Waals surface area contributed by atoms with Gasteiger partial charge < -0.3 is 5.32 Å². The van der Waals surface area contributed by atoms with Gasteiger partial charge in [0.15, 0.2) is 0 Å². The van der Waals surface area contributed by atoms with Crippen molar-refractivity contribution in [2.24, 2.45) is 17.3 Å². The Bertz CT molecular complexity index is 638. The summed E-state index contributed by atoms with van der Waals surface area (Å²) in [4.78, 5) is 23.4. The Morgan fingerprint density at radius 1 is 1.41 bits per heavy atom. The van der Waals surface area contributed by atoms with Crippen LogP contribution < -0.4 is 11.0 Å². The zero-order valence-electron chi connectivity index (χ0n) is 12.5. The van der Waals surface area contributed by atoms with E-state index in [0.717, 1.165) is 31.1 Å². The quantitative estimate of drug-likeness (QED) is 0.818. The lowest BCUT2D eigenvalue weighted by Gasteiger charge is -2.60. The fourth-order valence-corrected chi connectivity index (χ4v) is 6.14. The summed E-state index contributed by atoms with van der Waals surface area (Å²) < 4.78 is 1.28. The van der Waals surface area contributed by atoms with E-state index in [-0.39, 0.29) is 28.4 Å². The van der Waals surface area contributed by atoms with Crippen LogP contribution in [-0.4, -0.2) is 32.1 Å². The third-order valence-corrected chi connectivity index (χ3v) is 6.15. The second-order valence-electron chi connectivity index (χ2n) is 7.68. The fraction of sp³-hybridized carbons (Fsp3) is 0.800. The number of nitrogens with one attached hydrogen (secondary N) is 2. The summed E-state index contributed by atoms with van der Waals surface area (Å²) in [5, 5.41) is 8.94. The largest absolute Gasteiger partial charge is 0.354 e. The number of hydrogen-bond donors (Lipinski definition) is 2. The number of amides is 1. The molecule has 22 heavy (non-hydrogen) atoms. The molecule has 0 spiro atoms. The van der Waals surface area contributed by atoms with E-state index in [4.69, 9.17) is 11.6 Å². The van der Waals surface area contributed by atoms with Crippen LogP contribution >= 0.6 is 11.6 Å². The molecule has 0 aromatic carbocycles. The van der Waals surface area contributed by atoms with Crippen LogP contribution in [0.1, 0.15) is 38.5 Å². The standard InChI is InChI=1S/C15H21ClN4O2/c16-15-4-10-1-11(5-15)3-14(2-10,7-15)8-17-12(21)6-20-9-18-19-13(20)22/h9-11H,1-8H2,(H,17,21)(H,19,22)/t10-,11-,14?,15?/m1/s1. The first kappa shape index (κ1) is 14.3. The zero-order chi connectivity index (χ0) is 15.4. The highest BCUT2D eigenvalue weighted by Gasteiger charge is 2.56. The minimum Gasteiger partial charge on any atom is -0.354 e. The number of alkyl halides is 1. The molecular weight excluding hydrogens is 304 g/mol. The van der Waals surface area contributed by atoms with Crippen molar-refractivity contribution in [1.82, 2.24) is 20.1 Å². The summed E-state index contributed by atoms with van der Waals surface area (Å²) in [5.41, 5.74) is -0.187. The molecule has 1 aromatic heterocycles. The minimum atomic E-state index is -0.357. The molecule has 4 bridgehead atoms. The van der Waals surface area contributed by atoms with Gasteiger partial charge in [-0.05, 0) is 55.8 Å². The van der Waals surface area contributed by atoms with Gasteiger partial charge in [-0.1, -0.05) is 0 Å². The number of aromatic nitrogens is 3. The third kappa shape index (κ3) is 2.47. The van der Waals surface area contributed by atoms with Crippen molar-refractivity contribution in [3.63, 3.8) is 0 Å². The molecule has 5 rings (SSSR count). The normalized spacial score (nSPS) is 39.1. The topological polar surface area (TPSA) is 79.8 Å². The maximum atomic E-state index is 12.1. The fourth-order valence-electron chi connectivity index (χ4n) is 5.42. The molecule has 7 heteroatoms. The molecule has 1 heterocycles. The SMILES string of the molecule is O=C(Cn1cn[nH]c1=O)NCC12C[C@H]3C[C@@H](CC(Cl)(C3)C1)C2. The molecule has 0 unspecified atom stereocenters. The van der Waals surface area contributed by atoms with Crippen LogP contribution in [0.5, 0.6) is 0 Å². The van der Waals surface area contributed by atoms with Gasteiger partial charge in [0.05, 0.1) is 0 Å². The lowest BCUT2D eigenvalue weighted by molar-refractivity contribution is -0.123. The van der Waals surface area contributed by atoms with Crippen LogP contribution in [-0.2, 0) is 11.3 Å². The first-order chi connectivity index (χ1) is 10.5. The smallest absolute Gasteiger partial charge is 0.343 e. The van der Waals surface area contributed by atoms with Crippen LogP contribution in [0.4, 0.5) is 0 Å². The molecule has 2 atom stereocenters. The summed E-state index contributed by atoms with van der Waals surface area (Å²) >= 11 is 6.80. The van der Waals surface area contributed by atoms with Crippen LogP contribution in [0.15, 0.2) is 11.1 Å². The van der Waals surface area contributed by atoms with Crippen molar-refractivity contribution in [2.75, 3.05) is 6.54 Å². The third-order valence-electron chi connectivity index (χ3n) is 5.70. The van der Waals surface area contributed by atoms with Crippen molar-refractivity contribution >= 4 is 17.5 Å². The molecule has 1 amide bonds. The molecule has 4 fully saturated rings. The highest BCUT2D eigenvalue weighted by atomic mass is 35.5. The van der Waals surface area contributed by atoms with Gasteiger partial charge in [-0.2, -0.15) is 5.10 Å².